The van der Waals surface area contributed by atoms with E-state index in [9.17, 15) is 0 Å². The van der Waals surface area contributed by atoms with Crippen LogP contribution in [0.25, 0.3) is 0 Å². The predicted molar refractivity (Wildman–Crippen MR) is 68.7 cm³/mol. The fourth-order valence-corrected chi connectivity index (χ4v) is 1.40. The summed E-state index contributed by atoms with van der Waals surface area (Å²) in [6, 6.07) is 7.16. The molecule has 0 aromatic heterocycles. The number of nitrogens with one attached hydrogen (secondary N) is 1. The van der Waals surface area contributed by atoms with Crippen LogP contribution in [0.15, 0.2) is 24.3 Å². The van der Waals surface area contributed by atoms with Crippen molar-refractivity contribution in [3.63, 3.8) is 0 Å². The molecule has 0 amide bonds. The second kappa shape index (κ2) is 5.68. The maximum Gasteiger partial charge on any atom is 0.127 e. The van der Waals surface area contributed by atoms with Gasteiger partial charge in [0, 0.05) is 12.2 Å². The molecular formula is C13H20N2O2. The molecule has 1 rings (SSSR count). The molecule has 4 heteroatoms. The quantitative estimate of drug-likeness (QED) is 0.587. The monoisotopic (exact) mass is 236 g/mol. The van der Waals surface area contributed by atoms with Crippen molar-refractivity contribution in [2.45, 2.75) is 26.4 Å². The molecule has 1 aromatic rings. The first-order valence-corrected chi connectivity index (χ1v) is 5.66. The van der Waals surface area contributed by atoms with Crippen LogP contribution < -0.4 is 10.5 Å². The highest BCUT2D eigenvalue weighted by atomic mass is 16.5. The third-order valence-corrected chi connectivity index (χ3v) is 2.21. The summed E-state index contributed by atoms with van der Waals surface area (Å²) in [5, 5.41) is 7.29. The Morgan fingerprint density at radius 2 is 1.88 bits per heavy atom. The third kappa shape index (κ3) is 4.44. The summed E-state index contributed by atoms with van der Waals surface area (Å²) in [6.07, 6.45) is 0. The smallest absolute Gasteiger partial charge is 0.127 e. The first-order valence-electron chi connectivity index (χ1n) is 5.66. The molecule has 0 bridgehead atoms. The van der Waals surface area contributed by atoms with Gasteiger partial charge in [-0.1, -0.05) is 0 Å². The van der Waals surface area contributed by atoms with Gasteiger partial charge in [-0.15, -0.1) is 0 Å². The lowest BCUT2D eigenvalue weighted by atomic mass is 10.1. The van der Waals surface area contributed by atoms with Crippen LogP contribution in [-0.4, -0.2) is 24.7 Å². The van der Waals surface area contributed by atoms with Crippen molar-refractivity contribution in [1.82, 2.24) is 0 Å². The Balaban J connectivity index is 2.65. The van der Waals surface area contributed by atoms with Gasteiger partial charge in [-0.25, -0.2) is 0 Å². The molecule has 4 nitrogen and oxygen atoms in total. The minimum absolute atomic E-state index is 0.0603. The van der Waals surface area contributed by atoms with E-state index in [1.165, 1.54) is 0 Å². The largest absolute Gasteiger partial charge is 0.485 e. The van der Waals surface area contributed by atoms with Crippen LogP contribution in [0.1, 0.15) is 26.3 Å². The van der Waals surface area contributed by atoms with Crippen LogP contribution >= 0.6 is 0 Å². The summed E-state index contributed by atoms with van der Waals surface area (Å²) in [4.78, 5) is 0. The maximum absolute atomic E-state index is 7.29. The highest BCUT2D eigenvalue weighted by Crippen LogP contribution is 2.19. The molecule has 0 spiro atoms. The van der Waals surface area contributed by atoms with Gasteiger partial charge in [0.1, 0.15) is 17.2 Å². The van der Waals surface area contributed by atoms with E-state index in [1.54, 1.807) is 12.1 Å². The molecule has 0 atom stereocenters. The van der Waals surface area contributed by atoms with Crippen molar-refractivity contribution >= 4 is 5.84 Å². The van der Waals surface area contributed by atoms with E-state index in [4.69, 9.17) is 20.6 Å². The fraction of sp³-hybridized carbons (Fsp3) is 0.462. The first-order chi connectivity index (χ1) is 7.94. The average molecular weight is 236 g/mol. The van der Waals surface area contributed by atoms with E-state index in [-0.39, 0.29) is 11.4 Å². The Bertz CT molecular complexity index is 372. The van der Waals surface area contributed by atoms with Gasteiger partial charge in [-0.3, -0.25) is 5.41 Å². The van der Waals surface area contributed by atoms with Gasteiger partial charge in [0.15, 0.2) is 0 Å². The topological polar surface area (TPSA) is 68.3 Å². The molecule has 0 unspecified atom stereocenters. The number of ether oxygens (including phenoxy) is 2. The Morgan fingerprint density at radius 1 is 1.29 bits per heavy atom. The van der Waals surface area contributed by atoms with E-state index in [0.29, 0.717) is 18.8 Å². The van der Waals surface area contributed by atoms with Crippen LogP contribution in [0, 0.1) is 5.41 Å². The Morgan fingerprint density at radius 3 is 2.35 bits per heavy atom. The fourth-order valence-electron chi connectivity index (χ4n) is 1.40. The highest BCUT2D eigenvalue weighted by Gasteiger charge is 2.19. The van der Waals surface area contributed by atoms with Gasteiger partial charge in [-0.05, 0) is 45.0 Å². The van der Waals surface area contributed by atoms with Crippen LogP contribution in [-0.2, 0) is 4.74 Å². The molecule has 1 aromatic carbocycles. The molecule has 0 radical (unpaired) electrons. The van der Waals surface area contributed by atoms with E-state index in [0.717, 1.165) is 5.75 Å². The van der Waals surface area contributed by atoms with Gasteiger partial charge < -0.3 is 15.2 Å². The van der Waals surface area contributed by atoms with Crippen molar-refractivity contribution in [2.24, 2.45) is 5.73 Å². The normalized spacial score (nSPS) is 11.2. The van der Waals surface area contributed by atoms with E-state index < -0.39 is 0 Å². The number of benzene rings is 1. The lowest BCUT2D eigenvalue weighted by Gasteiger charge is -2.26. The molecule has 94 valence electrons. The number of amidine groups is 1. The summed E-state index contributed by atoms with van der Waals surface area (Å²) >= 11 is 0. The zero-order valence-corrected chi connectivity index (χ0v) is 10.6. The molecule has 0 heterocycles. The minimum atomic E-state index is -0.367. The van der Waals surface area contributed by atoms with Gasteiger partial charge in [0.05, 0.1) is 6.61 Å². The minimum Gasteiger partial charge on any atom is -0.485 e. The number of rotatable bonds is 6. The molecule has 0 saturated carbocycles. The molecule has 0 saturated heterocycles. The number of nitrogen functional groups attached to an aromatic ring is 1. The van der Waals surface area contributed by atoms with Gasteiger partial charge in [0.2, 0.25) is 0 Å². The second-order valence-electron chi connectivity index (χ2n) is 4.44. The molecule has 0 aliphatic rings. The molecule has 0 aliphatic heterocycles. The lowest BCUT2D eigenvalue weighted by Crippen LogP contribution is -2.34. The average Bonchev–Trinajstić information content (AvgIpc) is 2.26. The summed E-state index contributed by atoms with van der Waals surface area (Å²) < 4.78 is 11.2. The Labute approximate surface area is 102 Å². The van der Waals surface area contributed by atoms with Crippen LogP contribution in [0.4, 0.5) is 0 Å². The maximum atomic E-state index is 7.29. The highest BCUT2D eigenvalue weighted by molar-refractivity contribution is 5.94. The van der Waals surface area contributed by atoms with E-state index >= 15 is 0 Å². The molecule has 0 aliphatic carbocycles. The molecular weight excluding hydrogens is 216 g/mol. The summed E-state index contributed by atoms with van der Waals surface area (Å²) in [6.45, 7) is 7.12. The van der Waals surface area contributed by atoms with Gasteiger partial charge in [0.25, 0.3) is 0 Å². The van der Waals surface area contributed by atoms with E-state index in [2.05, 4.69) is 0 Å². The van der Waals surface area contributed by atoms with Crippen molar-refractivity contribution < 1.29 is 9.47 Å². The SMILES string of the molecule is CCOCC(C)(C)Oc1ccc(C(=N)N)cc1. The van der Waals surface area contributed by atoms with Crippen molar-refractivity contribution in [3.05, 3.63) is 29.8 Å². The predicted octanol–water partition coefficient (Wildman–Crippen LogP) is 2.16. The van der Waals surface area contributed by atoms with Crippen LogP contribution in [0.2, 0.25) is 0 Å². The van der Waals surface area contributed by atoms with Crippen LogP contribution in [0.3, 0.4) is 0 Å². The molecule has 0 fully saturated rings. The third-order valence-electron chi connectivity index (χ3n) is 2.21. The van der Waals surface area contributed by atoms with Crippen molar-refractivity contribution in [3.8, 4) is 5.75 Å². The zero-order chi connectivity index (χ0) is 12.9. The molecule has 17 heavy (non-hydrogen) atoms. The number of hydrogen-bond acceptors (Lipinski definition) is 3. The van der Waals surface area contributed by atoms with Crippen molar-refractivity contribution in [1.29, 1.82) is 5.41 Å². The Kier molecular flexibility index (Phi) is 4.52. The zero-order valence-electron chi connectivity index (χ0n) is 10.6. The second-order valence-corrected chi connectivity index (χ2v) is 4.44. The van der Waals surface area contributed by atoms with Crippen LogP contribution in [0.5, 0.6) is 5.75 Å². The standard InChI is InChI=1S/C13H20N2O2/c1-4-16-9-13(2,3)17-11-7-5-10(6-8-11)12(14)15/h5-8H,4,9H2,1-3H3,(H3,14,15). The summed E-state index contributed by atoms with van der Waals surface area (Å²) in [5.41, 5.74) is 5.71. The Hall–Kier alpha value is -1.55. The van der Waals surface area contributed by atoms with Gasteiger partial charge in [-0.2, -0.15) is 0 Å². The first kappa shape index (κ1) is 13.5. The van der Waals surface area contributed by atoms with E-state index in [1.807, 2.05) is 32.9 Å². The summed E-state index contributed by atoms with van der Waals surface area (Å²) in [5.74, 6) is 0.810. The number of nitrogens with two attached hydrogens (primary N) is 1. The van der Waals surface area contributed by atoms with Gasteiger partial charge >= 0.3 is 0 Å². The number of hydrogen-bond donors (Lipinski definition) is 2. The lowest BCUT2D eigenvalue weighted by molar-refractivity contribution is 0.00113. The molecule has 3 N–H and O–H groups in total. The summed E-state index contributed by atoms with van der Waals surface area (Å²) in [7, 11) is 0. The van der Waals surface area contributed by atoms with Crippen molar-refractivity contribution in [2.75, 3.05) is 13.2 Å².